The van der Waals surface area contributed by atoms with Crippen molar-refractivity contribution in [1.82, 2.24) is 15.1 Å². The molecule has 0 saturated heterocycles. The van der Waals surface area contributed by atoms with E-state index in [4.69, 9.17) is 9.47 Å². The second-order valence-corrected chi connectivity index (χ2v) is 6.61. The van der Waals surface area contributed by atoms with Crippen LogP contribution in [0.4, 0.5) is 5.69 Å². The predicted molar refractivity (Wildman–Crippen MR) is 113 cm³/mol. The molecule has 2 N–H and O–H groups in total. The molecule has 0 aliphatic carbocycles. The molecule has 0 aliphatic heterocycles. The van der Waals surface area contributed by atoms with Gasteiger partial charge in [0.05, 0.1) is 14.2 Å². The normalized spacial score (nSPS) is 10.4. The maximum atomic E-state index is 12.4. The van der Waals surface area contributed by atoms with Crippen LogP contribution in [0, 0.1) is 0 Å². The quantitative estimate of drug-likeness (QED) is 0.598. The summed E-state index contributed by atoms with van der Waals surface area (Å²) in [5.74, 6) is 0.530. The number of nitrogens with zero attached hydrogens (tertiary/aromatic N) is 2. The van der Waals surface area contributed by atoms with Crippen LogP contribution >= 0.6 is 0 Å². The number of aromatic nitrogens is 2. The second kappa shape index (κ2) is 9.60. The molecule has 3 aromatic rings. The van der Waals surface area contributed by atoms with E-state index in [1.54, 1.807) is 44.6 Å². The molecule has 1 heterocycles. The van der Waals surface area contributed by atoms with Crippen LogP contribution in [-0.2, 0) is 13.5 Å². The van der Waals surface area contributed by atoms with Crippen molar-refractivity contribution in [2.75, 3.05) is 26.1 Å². The molecule has 0 bridgehead atoms. The van der Waals surface area contributed by atoms with E-state index in [0.29, 0.717) is 29.8 Å². The van der Waals surface area contributed by atoms with Gasteiger partial charge in [-0.1, -0.05) is 12.1 Å². The SMILES string of the molecule is COc1cccc(CCNC(=O)c2ccc(NC(=O)c3cn(C)nc3OC)cc2)c1. The molecule has 0 spiro atoms. The molecule has 0 fully saturated rings. The molecule has 8 nitrogen and oxygen atoms in total. The highest BCUT2D eigenvalue weighted by Gasteiger charge is 2.16. The van der Waals surface area contributed by atoms with Gasteiger partial charge in [0.15, 0.2) is 0 Å². The van der Waals surface area contributed by atoms with Gasteiger partial charge in [-0.15, -0.1) is 5.10 Å². The van der Waals surface area contributed by atoms with Crippen LogP contribution in [0.25, 0.3) is 0 Å². The molecule has 0 radical (unpaired) electrons. The minimum atomic E-state index is -0.338. The number of aryl methyl sites for hydroxylation is 1. The van der Waals surface area contributed by atoms with Crippen LogP contribution in [0.1, 0.15) is 26.3 Å². The third kappa shape index (κ3) is 5.16. The van der Waals surface area contributed by atoms with E-state index in [2.05, 4.69) is 15.7 Å². The second-order valence-electron chi connectivity index (χ2n) is 6.61. The lowest BCUT2D eigenvalue weighted by atomic mass is 10.1. The van der Waals surface area contributed by atoms with Crippen molar-refractivity contribution in [3.8, 4) is 11.6 Å². The fraction of sp³-hybridized carbons (Fsp3) is 0.227. The van der Waals surface area contributed by atoms with Crippen LogP contribution in [0.15, 0.2) is 54.7 Å². The Morgan fingerprint density at radius 2 is 1.80 bits per heavy atom. The summed E-state index contributed by atoms with van der Waals surface area (Å²) >= 11 is 0. The zero-order valence-electron chi connectivity index (χ0n) is 17.1. The van der Waals surface area contributed by atoms with Gasteiger partial charge in [0, 0.05) is 31.0 Å². The first-order chi connectivity index (χ1) is 14.5. The summed E-state index contributed by atoms with van der Waals surface area (Å²) in [5, 5.41) is 9.73. The third-order valence-electron chi connectivity index (χ3n) is 4.47. The fourth-order valence-corrected chi connectivity index (χ4v) is 2.93. The number of methoxy groups -OCH3 is 2. The highest BCUT2D eigenvalue weighted by molar-refractivity contribution is 6.06. The van der Waals surface area contributed by atoms with Gasteiger partial charge in [-0.05, 0) is 48.4 Å². The topological polar surface area (TPSA) is 94.5 Å². The van der Waals surface area contributed by atoms with E-state index < -0.39 is 0 Å². The molecule has 156 valence electrons. The molecule has 0 saturated carbocycles. The average molecular weight is 408 g/mol. The van der Waals surface area contributed by atoms with Gasteiger partial charge in [0.1, 0.15) is 11.3 Å². The number of carbonyl (C=O) groups is 2. The lowest BCUT2D eigenvalue weighted by Crippen LogP contribution is -2.25. The number of amides is 2. The van der Waals surface area contributed by atoms with E-state index in [9.17, 15) is 9.59 Å². The van der Waals surface area contributed by atoms with Crippen molar-refractivity contribution in [3.63, 3.8) is 0 Å². The van der Waals surface area contributed by atoms with Gasteiger partial charge in [-0.2, -0.15) is 0 Å². The number of hydrogen-bond donors (Lipinski definition) is 2. The van der Waals surface area contributed by atoms with Gasteiger partial charge >= 0.3 is 0 Å². The summed E-state index contributed by atoms with van der Waals surface area (Å²) in [6, 6.07) is 14.4. The Bertz CT molecular complexity index is 1030. The van der Waals surface area contributed by atoms with Crippen LogP contribution < -0.4 is 20.1 Å². The first kappa shape index (κ1) is 20.9. The van der Waals surface area contributed by atoms with Crippen molar-refractivity contribution >= 4 is 17.5 Å². The van der Waals surface area contributed by atoms with E-state index in [0.717, 1.165) is 11.3 Å². The highest BCUT2D eigenvalue weighted by atomic mass is 16.5. The van der Waals surface area contributed by atoms with E-state index in [1.165, 1.54) is 11.8 Å². The molecular formula is C22H24N4O4. The molecule has 0 atom stereocenters. The highest BCUT2D eigenvalue weighted by Crippen LogP contribution is 2.18. The molecule has 3 rings (SSSR count). The standard InChI is InChI=1S/C22H24N4O4/c1-26-14-19(22(25-26)30-3)21(28)24-17-9-7-16(8-10-17)20(27)23-12-11-15-5-4-6-18(13-15)29-2/h4-10,13-14H,11-12H2,1-3H3,(H,23,27)(H,24,28). The van der Waals surface area contributed by atoms with Crippen molar-refractivity contribution in [2.45, 2.75) is 6.42 Å². The predicted octanol–water partition coefficient (Wildman–Crippen LogP) is 2.66. The Kier molecular flexibility index (Phi) is 6.69. The summed E-state index contributed by atoms with van der Waals surface area (Å²) in [6.45, 7) is 0.505. The van der Waals surface area contributed by atoms with E-state index >= 15 is 0 Å². The van der Waals surface area contributed by atoms with Crippen molar-refractivity contribution < 1.29 is 19.1 Å². The number of anilines is 1. The summed E-state index contributed by atoms with van der Waals surface area (Å²) in [7, 11) is 4.79. The van der Waals surface area contributed by atoms with Crippen molar-refractivity contribution in [2.24, 2.45) is 7.05 Å². The van der Waals surface area contributed by atoms with Gasteiger partial charge in [-0.25, -0.2) is 0 Å². The van der Waals surface area contributed by atoms with Crippen LogP contribution in [0.3, 0.4) is 0 Å². The Morgan fingerprint density at radius 1 is 1.03 bits per heavy atom. The van der Waals surface area contributed by atoms with Gasteiger partial charge in [-0.3, -0.25) is 14.3 Å². The average Bonchev–Trinajstić information content (AvgIpc) is 3.15. The summed E-state index contributed by atoms with van der Waals surface area (Å²) in [4.78, 5) is 24.8. The number of hydrogen-bond acceptors (Lipinski definition) is 5. The Balaban J connectivity index is 1.54. The molecule has 0 unspecified atom stereocenters. The Hall–Kier alpha value is -3.81. The number of ether oxygens (including phenoxy) is 2. The maximum Gasteiger partial charge on any atom is 0.262 e. The minimum absolute atomic E-state index is 0.176. The zero-order chi connectivity index (χ0) is 21.5. The smallest absolute Gasteiger partial charge is 0.262 e. The lowest BCUT2D eigenvalue weighted by molar-refractivity contribution is 0.0953. The van der Waals surface area contributed by atoms with Gasteiger partial charge in [0.25, 0.3) is 11.8 Å². The number of nitrogens with one attached hydrogen (secondary N) is 2. The lowest BCUT2D eigenvalue weighted by Gasteiger charge is -2.08. The number of rotatable bonds is 8. The zero-order valence-corrected chi connectivity index (χ0v) is 17.1. The number of carbonyl (C=O) groups excluding carboxylic acids is 2. The van der Waals surface area contributed by atoms with Crippen molar-refractivity contribution in [3.05, 3.63) is 71.4 Å². The molecule has 0 aliphatic rings. The largest absolute Gasteiger partial charge is 0.497 e. The summed E-state index contributed by atoms with van der Waals surface area (Å²) < 4.78 is 11.8. The monoisotopic (exact) mass is 408 g/mol. The van der Waals surface area contributed by atoms with Crippen LogP contribution in [0.5, 0.6) is 11.6 Å². The molecular weight excluding hydrogens is 384 g/mol. The Labute approximate surface area is 174 Å². The minimum Gasteiger partial charge on any atom is -0.497 e. The maximum absolute atomic E-state index is 12.4. The molecule has 1 aromatic heterocycles. The van der Waals surface area contributed by atoms with E-state index in [1.807, 2.05) is 24.3 Å². The van der Waals surface area contributed by atoms with Crippen LogP contribution in [-0.4, -0.2) is 42.4 Å². The number of benzene rings is 2. The first-order valence-corrected chi connectivity index (χ1v) is 9.40. The van der Waals surface area contributed by atoms with Gasteiger partial charge < -0.3 is 20.1 Å². The molecule has 30 heavy (non-hydrogen) atoms. The summed E-state index contributed by atoms with van der Waals surface area (Å²) in [6.07, 6.45) is 2.28. The van der Waals surface area contributed by atoms with E-state index in [-0.39, 0.29) is 17.7 Å². The third-order valence-corrected chi connectivity index (χ3v) is 4.47. The van der Waals surface area contributed by atoms with Crippen LogP contribution in [0.2, 0.25) is 0 Å². The summed E-state index contributed by atoms with van der Waals surface area (Å²) in [5.41, 5.74) is 2.49. The molecule has 2 aromatic carbocycles. The van der Waals surface area contributed by atoms with Crippen molar-refractivity contribution in [1.29, 1.82) is 0 Å². The molecule has 8 heteroatoms. The molecule has 2 amide bonds. The Morgan fingerprint density at radius 3 is 2.50 bits per heavy atom. The fourth-order valence-electron chi connectivity index (χ4n) is 2.93. The first-order valence-electron chi connectivity index (χ1n) is 9.40. The van der Waals surface area contributed by atoms with Gasteiger partial charge in [0.2, 0.25) is 5.88 Å².